The average molecular weight is 416 g/mol. The topological polar surface area (TPSA) is 78.4 Å². The number of carboxylic acids is 1. The summed E-state index contributed by atoms with van der Waals surface area (Å²) in [5, 5.41) is 15.8. The number of alkyl halides is 1. The molecule has 3 aromatic rings. The molecule has 3 aromatic carbocycles. The van der Waals surface area contributed by atoms with Gasteiger partial charge >= 0.3 is 5.97 Å². The van der Waals surface area contributed by atoms with Gasteiger partial charge in [-0.15, -0.1) is 0 Å². The smallest absolute Gasteiger partial charge is 0.330 e. The quantitative estimate of drug-likeness (QED) is 0.602. The normalized spacial score (nSPS) is 17.3. The molecule has 2 unspecified atom stereocenters. The molecule has 1 aliphatic heterocycles. The highest BCUT2D eigenvalue weighted by atomic mass is 19.1. The highest BCUT2D eigenvalue weighted by Crippen LogP contribution is 2.47. The summed E-state index contributed by atoms with van der Waals surface area (Å²) in [5.41, 5.74) is 5.17. The summed E-state index contributed by atoms with van der Waals surface area (Å²) in [6.07, 6.45) is -0.415. The SMILES string of the molecule is O=C(NC(C(=O)O)c1ccc2c(c1)CNCC2)c1cccc2c1-c1ccccc1C2F. The molecule has 31 heavy (non-hydrogen) atoms. The van der Waals surface area contributed by atoms with E-state index in [4.69, 9.17) is 0 Å². The van der Waals surface area contributed by atoms with E-state index in [1.54, 1.807) is 48.5 Å². The molecular formula is C25H21FN2O3. The van der Waals surface area contributed by atoms with Crippen LogP contribution in [0.1, 0.15) is 50.4 Å². The van der Waals surface area contributed by atoms with Gasteiger partial charge in [-0.25, -0.2) is 9.18 Å². The Kier molecular flexibility index (Phi) is 4.79. The molecule has 5 nitrogen and oxygen atoms in total. The van der Waals surface area contributed by atoms with Gasteiger partial charge in [0.25, 0.3) is 5.91 Å². The van der Waals surface area contributed by atoms with Crippen molar-refractivity contribution < 1.29 is 19.1 Å². The van der Waals surface area contributed by atoms with Gasteiger partial charge in [0.05, 0.1) is 0 Å². The minimum absolute atomic E-state index is 0.274. The van der Waals surface area contributed by atoms with Crippen molar-refractivity contribution in [3.63, 3.8) is 0 Å². The van der Waals surface area contributed by atoms with Crippen molar-refractivity contribution in [2.24, 2.45) is 0 Å². The van der Waals surface area contributed by atoms with E-state index in [1.807, 2.05) is 12.1 Å². The molecule has 0 radical (unpaired) electrons. The van der Waals surface area contributed by atoms with Crippen LogP contribution >= 0.6 is 0 Å². The van der Waals surface area contributed by atoms with Crippen LogP contribution in [0.2, 0.25) is 0 Å². The standard InChI is InChI=1S/C25H21FN2O3/c26-22-18-5-2-1-4-17(18)21-19(22)6-3-7-20(21)24(29)28-23(25(30)31)15-9-8-14-10-11-27-13-16(14)12-15/h1-9,12,22-23,27H,10-11,13H2,(H,28,29)(H,30,31). The van der Waals surface area contributed by atoms with Crippen LogP contribution in [0, 0.1) is 0 Å². The van der Waals surface area contributed by atoms with E-state index < -0.39 is 24.1 Å². The van der Waals surface area contributed by atoms with Crippen LogP contribution in [0.4, 0.5) is 4.39 Å². The number of rotatable bonds is 4. The predicted molar refractivity (Wildman–Crippen MR) is 115 cm³/mol. The summed E-state index contributed by atoms with van der Waals surface area (Å²) >= 11 is 0. The third-order valence-electron chi connectivity index (χ3n) is 6.09. The maximum absolute atomic E-state index is 14.9. The number of hydrogen-bond donors (Lipinski definition) is 3. The van der Waals surface area contributed by atoms with Crippen molar-refractivity contribution in [1.29, 1.82) is 0 Å². The lowest BCUT2D eigenvalue weighted by Gasteiger charge is -2.21. The molecule has 0 fully saturated rings. The number of carbonyl (C=O) groups is 2. The lowest BCUT2D eigenvalue weighted by atomic mass is 9.95. The molecule has 2 aliphatic rings. The molecule has 0 bridgehead atoms. The van der Waals surface area contributed by atoms with Gasteiger partial charge < -0.3 is 15.7 Å². The molecule has 1 heterocycles. The van der Waals surface area contributed by atoms with Gasteiger partial charge in [-0.05, 0) is 52.4 Å². The summed E-state index contributed by atoms with van der Waals surface area (Å²) in [6.45, 7) is 1.56. The van der Waals surface area contributed by atoms with Crippen LogP contribution in [-0.2, 0) is 17.8 Å². The highest BCUT2D eigenvalue weighted by Gasteiger charge is 2.33. The molecule has 1 aliphatic carbocycles. The third kappa shape index (κ3) is 3.29. The van der Waals surface area contributed by atoms with Crippen LogP contribution in [0.5, 0.6) is 0 Å². The van der Waals surface area contributed by atoms with Crippen molar-refractivity contribution in [2.45, 2.75) is 25.2 Å². The second-order valence-corrected chi connectivity index (χ2v) is 7.92. The minimum atomic E-state index is -1.30. The Hall–Kier alpha value is -3.51. The average Bonchev–Trinajstić information content (AvgIpc) is 3.09. The van der Waals surface area contributed by atoms with Gasteiger partial charge in [0, 0.05) is 17.7 Å². The lowest BCUT2D eigenvalue weighted by molar-refractivity contribution is -0.139. The van der Waals surface area contributed by atoms with Crippen LogP contribution in [0.15, 0.2) is 60.7 Å². The number of halogens is 1. The van der Waals surface area contributed by atoms with Crippen LogP contribution in [-0.4, -0.2) is 23.5 Å². The van der Waals surface area contributed by atoms with Gasteiger partial charge in [-0.2, -0.15) is 0 Å². The summed E-state index contributed by atoms with van der Waals surface area (Å²) in [6, 6.07) is 16.3. The molecule has 1 amide bonds. The highest BCUT2D eigenvalue weighted by molar-refractivity contribution is 6.04. The minimum Gasteiger partial charge on any atom is -0.479 e. The van der Waals surface area contributed by atoms with Crippen LogP contribution in [0.25, 0.3) is 11.1 Å². The van der Waals surface area contributed by atoms with E-state index >= 15 is 0 Å². The predicted octanol–water partition coefficient (Wildman–Crippen LogP) is 3.93. The van der Waals surface area contributed by atoms with Crippen LogP contribution in [0.3, 0.4) is 0 Å². The number of amides is 1. The first-order valence-electron chi connectivity index (χ1n) is 10.3. The van der Waals surface area contributed by atoms with Gasteiger partial charge in [-0.1, -0.05) is 54.6 Å². The first-order chi connectivity index (χ1) is 15.0. The maximum Gasteiger partial charge on any atom is 0.330 e. The van der Waals surface area contributed by atoms with Gasteiger partial charge in [0.2, 0.25) is 0 Å². The number of carboxylic acid groups (broad SMARTS) is 1. The van der Waals surface area contributed by atoms with E-state index in [2.05, 4.69) is 10.6 Å². The van der Waals surface area contributed by atoms with E-state index in [9.17, 15) is 19.1 Å². The van der Waals surface area contributed by atoms with Gasteiger partial charge in [0.1, 0.15) is 0 Å². The lowest BCUT2D eigenvalue weighted by Crippen LogP contribution is -2.34. The number of benzene rings is 3. The molecule has 0 spiro atoms. The number of aliphatic carboxylic acids is 1. The maximum atomic E-state index is 14.9. The molecule has 0 aromatic heterocycles. The molecule has 3 N–H and O–H groups in total. The fraction of sp³-hybridized carbons (Fsp3) is 0.200. The molecule has 6 heteroatoms. The Labute approximate surface area is 178 Å². The van der Waals surface area contributed by atoms with Crippen molar-refractivity contribution in [1.82, 2.24) is 10.6 Å². The van der Waals surface area contributed by atoms with E-state index in [0.717, 1.165) is 18.5 Å². The Morgan fingerprint density at radius 2 is 1.84 bits per heavy atom. The zero-order chi connectivity index (χ0) is 21.5. The summed E-state index contributed by atoms with van der Waals surface area (Å²) in [5.74, 6) is -1.68. The number of hydrogen-bond acceptors (Lipinski definition) is 3. The molecule has 0 saturated carbocycles. The second-order valence-electron chi connectivity index (χ2n) is 7.92. The molecular weight excluding hydrogens is 395 g/mol. The Morgan fingerprint density at radius 1 is 1.03 bits per heavy atom. The zero-order valence-corrected chi connectivity index (χ0v) is 16.7. The molecule has 5 rings (SSSR count). The monoisotopic (exact) mass is 416 g/mol. The Bertz CT molecular complexity index is 1210. The van der Waals surface area contributed by atoms with Gasteiger partial charge in [-0.3, -0.25) is 4.79 Å². The van der Waals surface area contributed by atoms with Gasteiger partial charge in [0.15, 0.2) is 12.2 Å². The van der Waals surface area contributed by atoms with E-state index in [1.165, 1.54) is 5.56 Å². The van der Waals surface area contributed by atoms with E-state index in [-0.39, 0.29) is 5.56 Å². The van der Waals surface area contributed by atoms with Crippen molar-refractivity contribution in [3.8, 4) is 11.1 Å². The number of nitrogens with one attached hydrogen (secondary N) is 2. The second kappa shape index (κ2) is 7.63. The van der Waals surface area contributed by atoms with Crippen LogP contribution < -0.4 is 10.6 Å². The largest absolute Gasteiger partial charge is 0.479 e. The Morgan fingerprint density at radius 3 is 2.68 bits per heavy atom. The molecule has 2 atom stereocenters. The van der Waals surface area contributed by atoms with Crippen molar-refractivity contribution in [2.75, 3.05) is 6.54 Å². The zero-order valence-electron chi connectivity index (χ0n) is 16.7. The first kappa shape index (κ1) is 19.5. The van der Waals surface area contributed by atoms with E-state index in [0.29, 0.717) is 34.4 Å². The summed E-state index contributed by atoms with van der Waals surface area (Å²) < 4.78 is 14.9. The number of carbonyl (C=O) groups excluding carboxylic acids is 1. The number of fused-ring (bicyclic) bond motifs is 4. The summed E-state index contributed by atoms with van der Waals surface area (Å²) in [4.78, 5) is 25.2. The fourth-order valence-corrected chi connectivity index (χ4v) is 4.56. The van der Waals surface area contributed by atoms with Crippen molar-refractivity contribution >= 4 is 11.9 Å². The first-order valence-corrected chi connectivity index (χ1v) is 10.3. The summed E-state index contributed by atoms with van der Waals surface area (Å²) in [7, 11) is 0. The molecule has 0 saturated heterocycles. The third-order valence-corrected chi connectivity index (χ3v) is 6.09. The fourth-order valence-electron chi connectivity index (χ4n) is 4.56. The Balaban J connectivity index is 1.50. The molecule has 156 valence electrons. The van der Waals surface area contributed by atoms with Crippen molar-refractivity contribution in [3.05, 3.63) is 94.0 Å².